The number of aryl methyl sites for hydroxylation is 1. The summed E-state index contributed by atoms with van der Waals surface area (Å²) in [6.45, 7) is 5.91. The van der Waals surface area contributed by atoms with Gasteiger partial charge in [-0.3, -0.25) is 5.10 Å². The highest BCUT2D eigenvalue weighted by atomic mass is 19.4. The second-order valence-electron chi connectivity index (χ2n) is 8.12. The lowest BCUT2D eigenvalue weighted by Crippen LogP contribution is -2.41. The maximum atomic E-state index is 13.9. The smallest absolute Gasteiger partial charge is 0.416 e. The van der Waals surface area contributed by atoms with Crippen molar-refractivity contribution in [3.63, 3.8) is 0 Å². The molecule has 0 fully saturated rings. The van der Waals surface area contributed by atoms with Gasteiger partial charge in [-0.1, -0.05) is 32.1 Å². The van der Waals surface area contributed by atoms with Crippen LogP contribution in [0, 0.1) is 24.2 Å². The molecular weight excluding hydrogens is 419 g/mol. The molecule has 2 aromatic rings. The molecule has 0 saturated carbocycles. The lowest BCUT2D eigenvalue weighted by Gasteiger charge is -2.41. The molecule has 0 aliphatic carbocycles. The zero-order valence-corrected chi connectivity index (χ0v) is 18.2. The monoisotopic (exact) mass is 445 g/mol. The van der Waals surface area contributed by atoms with Crippen LogP contribution >= 0.6 is 0 Å². The summed E-state index contributed by atoms with van der Waals surface area (Å²) in [5.74, 6) is -0.352. The highest BCUT2D eigenvalue weighted by molar-refractivity contribution is 5.64. The first kappa shape index (κ1) is 23.4. The number of benzene rings is 1. The van der Waals surface area contributed by atoms with E-state index in [1.165, 1.54) is 0 Å². The number of rotatable bonds is 6. The molecule has 6 nitrogen and oxygen atoms in total. The third-order valence-corrected chi connectivity index (χ3v) is 5.76. The summed E-state index contributed by atoms with van der Waals surface area (Å²) in [6.07, 6.45) is 0.235. The zero-order chi connectivity index (χ0) is 23.7. The summed E-state index contributed by atoms with van der Waals surface area (Å²) in [7, 11) is 0. The molecule has 3 rings (SSSR count). The van der Waals surface area contributed by atoms with Crippen LogP contribution in [-0.4, -0.2) is 16.7 Å². The lowest BCUT2D eigenvalue weighted by molar-refractivity contribution is -0.137. The SMILES string of the molecule is Cc1[nH]nc2c1C(c1cc(C=CCCCN)cc(C(F)(F)F)c1)(C(C)C)C(C#N)=C(N)O2. The average Bonchev–Trinajstić information content (AvgIpc) is 3.09. The molecule has 0 bridgehead atoms. The standard InChI is InChI=1S/C23H26F3N5O/c1-13(2)22(18(12-28)20(29)32-21-19(22)14(3)30-31-21)16-9-15(7-5-4-6-8-27)10-17(11-16)23(24,25)26/h5,7,9-11,13H,4,6,8,27,29H2,1-3H3,(H,30,31). The fraction of sp³-hybridized carbons (Fsp3) is 0.391. The van der Waals surface area contributed by atoms with Crippen molar-refractivity contribution in [2.24, 2.45) is 17.4 Å². The van der Waals surface area contributed by atoms with Gasteiger partial charge in [-0.15, -0.1) is 5.10 Å². The summed E-state index contributed by atoms with van der Waals surface area (Å²) < 4.78 is 47.2. The van der Waals surface area contributed by atoms with E-state index in [2.05, 4.69) is 16.3 Å². The van der Waals surface area contributed by atoms with Crippen LogP contribution in [0.1, 0.15) is 54.6 Å². The summed E-state index contributed by atoms with van der Waals surface area (Å²) in [5.41, 5.74) is 11.3. The second-order valence-corrected chi connectivity index (χ2v) is 8.12. The quantitative estimate of drug-likeness (QED) is 0.566. The number of aromatic nitrogens is 2. The molecule has 1 aliphatic rings. The Morgan fingerprint density at radius 1 is 1.31 bits per heavy atom. The molecule has 1 aromatic heterocycles. The molecule has 0 spiro atoms. The minimum Gasteiger partial charge on any atom is -0.420 e. The van der Waals surface area contributed by atoms with E-state index in [1.54, 1.807) is 25.1 Å². The van der Waals surface area contributed by atoms with Crippen LogP contribution in [0.3, 0.4) is 0 Å². The summed E-state index contributed by atoms with van der Waals surface area (Å²) >= 11 is 0. The van der Waals surface area contributed by atoms with Gasteiger partial charge in [0.1, 0.15) is 11.6 Å². The minimum atomic E-state index is -4.57. The van der Waals surface area contributed by atoms with E-state index in [4.69, 9.17) is 16.2 Å². The Balaban J connectivity index is 2.37. The van der Waals surface area contributed by atoms with Crippen LogP contribution in [0.15, 0.2) is 35.7 Å². The molecule has 5 N–H and O–H groups in total. The van der Waals surface area contributed by atoms with Gasteiger partial charge in [0, 0.05) is 5.69 Å². The number of nitrogens with two attached hydrogens (primary N) is 2. The van der Waals surface area contributed by atoms with Gasteiger partial charge in [0.25, 0.3) is 0 Å². The number of alkyl halides is 3. The van der Waals surface area contributed by atoms with E-state index in [-0.39, 0.29) is 23.3 Å². The maximum Gasteiger partial charge on any atom is 0.416 e. The van der Waals surface area contributed by atoms with Crippen molar-refractivity contribution >= 4 is 6.08 Å². The fourth-order valence-electron chi connectivity index (χ4n) is 4.36. The predicted molar refractivity (Wildman–Crippen MR) is 115 cm³/mol. The number of nitriles is 1. The number of halogens is 3. The van der Waals surface area contributed by atoms with Crippen molar-refractivity contribution in [1.29, 1.82) is 5.26 Å². The van der Waals surface area contributed by atoms with E-state index in [0.717, 1.165) is 18.6 Å². The van der Waals surface area contributed by atoms with Gasteiger partial charge in [-0.05, 0) is 55.5 Å². The predicted octanol–water partition coefficient (Wildman–Crippen LogP) is 4.52. The lowest BCUT2D eigenvalue weighted by atomic mass is 9.61. The van der Waals surface area contributed by atoms with Gasteiger partial charge in [0.2, 0.25) is 11.8 Å². The van der Waals surface area contributed by atoms with Gasteiger partial charge < -0.3 is 16.2 Å². The maximum absolute atomic E-state index is 13.9. The highest BCUT2D eigenvalue weighted by Crippen LogP contribution is 2.53. The molecule has 1 atom stereocenters. The molecule has 170 valence electrons. The van der Waals surface area contributed by atoms with Crippen molar-refractivity contribution in [3.8, 4) is 11.9 Å². The number of hydrogen-bond donors (Lipinski definition) is 3. The highest BCUT2D eigenvalue weighted by Gasteiger charge is 2.51. The molecule has 1 unspecified atom stereocenters. The summed E-state index contributed by atoms with van der Waals surface area (Å²) in [5, 5.41) is 17.0. The van der Waals surface area contributed by atoms with Crippen LogP contribution < -0.4 is 16.2 Å². The van der Waals surface area contributed by atoms with E-state index in [0.29, 0.717) is 35.3 Å². The Morgan fingerprint density at radius 2 is 2.03 bits per heavy atom. The third-order valence-electron chi connectivity index (χ3n) is 5.76. The summed E-state index contributed by atoms with van der Waals surface area (Å²) in [6, 6.07) is 5.94. The first-order valence-electron chi connectivity index (χ1n) is 10.3. The Hall–Kier alpha value is -3.25. The van der Waals surface area contributed by atoms with Crippen LogP contribution in [0.4, 0.5) is 13.2 Å². The largest absolute Gasteiger partial charge is 0.420 e. The second kappa shape index (κ2) is 8.71. The molecule has 9 heteroatoms. The van der Waals surface area contributed by atoms with E-state index in [9.17, 15) is 18.4 Å². The van der Waals surface area contributed by atoms with E-state index >= 15 is 0 Å². The normalized spacial score (nSPS) is 18.7. The molecular formula is C23H26F3N5O. The van der Waals surface area contributed by atoms with Gasteiger partial charge >= 0.3 is 6.18 Å². The average molecular weight is 445 g/mol. The molecule has 0 amide bonds. The van der Waals surface area contributed by atoms with Crippen molar-refractivity contribution in [1.82, 2.24) is 10.2 Å². The number of hydrogen-bond acceptors (Lipinski definition) is 5. The molecule has 1 aliphatic heterocycles. The number of unbranched alkanes of at least 4 members (excludes halogenated alkanes) is 1. The molecule has 0 saturated heterocycles. The number of aromatic amines is 1. The Kier molecular flexibility index (Phi) is 6.37. The minimum absolute atomic E-state index is 0.0573. The van der Waals surface area contributed by atoms with Crippen LogP contribution in [0.25, 0.3) is 6.08 Å². The number of nitrogens with one attached hydrogen (secondary N) is 1. The Morgan fingerprint density at radius 3 is 2.62 bits per heavy atom. The summed E-state index contributed by atoms with van der Waals surface area (Å²) in [4.78, 5) is 0. The Bertz CT molecular complexity index is 1110. The Labute approximate surface area is 184 Å². The van der Waals surface area contributed by atoms with Gasteiger partial charge in [-0.25, -0.2) is 0 Å². The topological polar surface area (TPSA) is 114 Å². The number of allylic oxidation sites excluding steroid dienone is 2. The van der Waals surface area contributed by atoms with Crippen LogP contribution in [-0.2, 0) is 11.6 Å². The number of fused-ring (bicyclic) bond motifs is 1. The van der Waals surface area contributed by atoms with Crippen LogP contribution in [0.2, 0.25) is 0 Å². The van der Waals surface area contributed by atoms with E-state index in [1.807, 2.05) is 13.8 Å². The van der Waals surface area contributed by atoms with Crippen molar-refractivity contribution in [2.75, 3.05) is 6.54 Å². The molecule has 0 radical (unpaired) electrons. The van der Waals surface area contributed by atoms with Gasteiger partial charge in [0.15, 0.2) is 0 Å². The van der Waals surface area contributed by atoms with Gasteiger partial charge in [0.05, 0.1) is 16.5 Å². The third kappa shape index (κ3) is 3.86. The first-order valence-corrected chi connectivity index (χ1v) is 10.3. The fourth-order valence-corrected chi connectivity index (χ4v) is 4.36. The first-order chi connectivity index (χ1) is 15.1. The zero-order valence-electron chi connectivity index (χ0n) is 18.2. The van der Waals surface area contributed by atoms with Crippen molar-refractivity contribution in [3.05, 3.63) is 63.7 Å². The number of ether oxygens (including phenoxy) is 1. The molecule has 1 aromatic carbocycles. The number of H-pyrrole nitrogens is 1. The van der Waals surface area contributed by atoms with Crippen LogP contribution in [0.5, 0.6) is 5.88 Å². The molecule has 32 heavy (non-hydrogen) atoms. The number of nitrogens with zero attached hydrogens (tertiary/aromatic N) is 2. The van der Waals surface area contributed by atoms with Gasteiger partial charge in [-0.2, -0.15) is 18.4 Å². The molecule has 2 heterocycles. The van der Waals surface area contributed by atoms with Crippen molar-refractivity contribution in [2.45, 2.75) is 45.2 Å². The van der Waals surface area contributed by atoms with E-state index < -0.39 is 17.2 Å². The van der Waals surface area contributed by atoms with Crippen molar-refractivity contribution < 1.29 is 17.9 Å².